The largest absolute Gasteiger partial charge is 0.310 e. The molecule has 0 saturated carbocycles. The van der Waals surface area contributed by atoms with Crippen molar-refractivity contribution in [2.45, 2.75) is 31.7 Å². The molecular formula is C20H20ClN3OS. The first kappa shape index (κ1) is 17.5. The zero-order valence-electron chi connectivity index (χ0n) is 14.3. The summed E-state index contributed by atoms with van der Waals surface area (Å²) in [6.45, 7) is 0.915. The number of thiophene rings is 1. The van der Waals surface area contributed by atoms with Crippen molar-refractivity contribution >= 4 is 39.4 Å². The van der Waals surface area contributed by atoms with Crippen LogP contribution in [0, 0.1) is 0 Å². The lowest BCUT2D eigenvalue weighted by atomic mass is 9.96. The zero-order chi connectivity index (χ0) is 17.9. The van der Waals surface area contributed by atoms with Crippen molar-refractivity contribution < 1.29 is 0 Å². The Morgan fingerprint density at radius 3 is 3.04 bits per heavy atom. The molecule has 3 aromatic rings. The molecule has 1 aliphatic rings. The molecule has 0 radical (unpaired) electrons. The molecule has 0 amide bonds. The van der Waals surface area contributed by atoms with Crippen molar-refractivity contribution in [1.82, 2.24) is 15.3 Å². The van der Waals surface area contributed by atoms with E-state index in [2.05, 4.69) is 38.9 Å². The number of nitrogens with one attached hydrogen (secondary N) is 2. The Bertz CT molecular complexity index is 994. The van der Waals surface area contributed by atoms with Gasteiger partial charge < -0.3 is 10.3 Å². The number of H-pyrrole nitrogens is 1. The van der Waals surface area contributed by atoms with Gasteiger partial charge in [0.2, 0.25) is 0 Å². The second-order valence-electron chi connectivity index (χ2n) is 6.56. The maximum absolute atomic E-state index is 12.2. The van der Waals surface area contributed by atoms with Crippen molar-refractivity contribution in [3.8, 4) is 0 Å². The maximum atomic E-state index is 12.2. The van der Waals surface area contributed by atoms with Gasteiger partial charge in [-0.3, -0.25) is 4.79 Å². The highest BCUT2D eigenvalue weighted by atomic mass is 35.5. The van der Waals surface area contributed by atoms with Crippen molar-refractivity contribution in [2.75, 3.05) is 6.54 Å². The van der Waals surface area contributed by atoms with E-state index >= 15 is 0 Å². The Hall–Kier alpha value is -1.95. The molecule has 0 saturated heterocycles. The summed E-state index contributed by atoms with van der Waals surface area (Å²) >= 11 is 7.99. The minimum absolute atomic E-state index is 0.119. The summed E-state index contributed by atoms with van der Waals surface area (Å²) < 4.78 is 0. The van der Waals surface area contributed by atoms with Crippen LogP contribution in [0.4, 0.5) is 0 Å². The summed E-state index contributed by atoms with van der Waals surface area (Å²) in [5.41, 5.74) is 1.91. The van der Waals surface area contributed by atoms with Crippen molar-refractivity contribution in [2.24, 2.45) is 0 Å². The normalized spacial score (nSPS) is 17.4. The molecule has 4 nitrogen and oxygen atoms in total. The van der Waals surface area contributed by atoms with Gasteiger partial charge >= 0.3 is 0 Å². The van der Waals surface area contributed by atoms with Gasteiger partial charge in [-0.15, -0.1) is 11.3 Å². The van der Waals surface area contributed by atoms with Crippen molar-refractivity contribution in [1.29, 1.82) is 0 Å². The number of para-hydroxylation sites is 1. The van der Waals surface area contributed by atoms with E-state index in [-0.39, 0.29) is 5.56 Å². The number of aromatic nitrogens is 2. The number of benzene rings is 1. The summed E-state index contributed by atoms with van der Waals surface area (Å²) in [5.74, 6) is 0.709. The summed E-state index contributed by atoms with van der Waals surface area (Å²) in [4.78, 5) is 21.0. The zero-order valence-corrected chi connectivity index (χ0v) is 15.9. The first-order valence-electron chi connectivity index (χ1n) is 8.84. The predicted molar refractivity (Wildman–Crippen MR) is 109 cm³/mol. The van der Waals surface area contributed by atoms with Crippen LogP contribution in [-0.4, -0.2) is 22.6 Å². The molecule has 0 spiro atoms. The van der Waals surface area contributed by atoms with Crippen LogP contribution in [0.15, 0.2) is 46.6 Å². The van der Waals surface area contributed by atoms with Crippen LogP contribution in [0.3, 0.4) is 0 Å². The Morgan fingerprint density at radius 2 is 2.19 bits per heavy atom. The van der Waals surface area contributed by atoms with Crippen LogP contribution < -0.4 is 10.9 Å². The Kier molecular flexibility index (Phi) is 5.20. The monoisotopic (exact) mass is 385 g/mol. The Morgan fingerprint density at radius 1 is 1.27 bits per heavy atom. The van der Waals surface area contributed by atoms with E-state index in [0.29, 0.717) is 27.8 Å². The summed E-state index contributed by atoms with van der Waals surface area (Å²) in [6, 6.07) is 10.0. The van der Waals surface area contributed by atoms with E-state index in [1.807, 2.05) is 0 Å². The molecule has 1 aliphatic heterocycles. The molecule has 3 heterocycles. The first-order chi connectivity index (χ1) is 12.7. The van der Waals surface area contributed by atoms with Gasteiger partial charge in [-0.2, -0.15) is 0 Å². The quantitative estimate of drug-likeness (QED) is 0.684. The molecule has 1 atom stereocenters. The molecule has 26 heavy (non-hydrogen) atoms. The first-order valence-corrected chi connectivity index (χ1v) is 10.1. The van der Waals surface area contributed by atoms with Crippen LogP contribution in [0.2, 0.25) is 5.02 Å². The number of hydrogen-bond acceptors (Lipinski definition) is 4. The topological polar surface area (TPSA) is 57.8 Å². The smallest absolute Gasteiger partial charge is 0.258 e. The summed E-state index contributed by atoms with van der Waals surface area (Å²) in [6.07, 6.45) is 6.09. The number of rotatable bonds is 5. The van der Waals surface area contributed by atoms with Gasteiger partial charge in [-0.25, -0.2) is 4.98 Å². The molecule has 134 valence electrons. The average molecular weight is 386 g/mol. The molecule has 2 aromatic heterocycles. The van der Waals surface area contributed by atoms with Gasteiger partial charge in [0.15, 0.2) is 0 Å². The van der Waals surface area contributed by atoms with E-state index < -0.39 is 0 Å². The van der Waals surface area contributed by atoms with Crippen molar-refractivity contribution in [3.63, 3.8) is 0 Å². The van der Waals surface area contributed by atoms with Crippen LogP contribution in [0.5, 0.6) is 0 Å². The van der Waals surface area contributed by atoms with E-state index in [1.54, 1.807) is 29.5 Å². The molecule has 1 unspecified atom stereocenters. The molecule has 1 aromatic carbocycles. The van der Waals surface area contributed by atoms with Gasteiger partial charge in [0, 0.05) is 23.9 Å². The Balaban J connectivity index is 1.39. The fraction of sp³-hybridized carbons (Fsp3) is 0.300. The predicted octanol–water partition coefficient (Wildman–Crippen LogP) is 4.41. The molecule has 0 aliphatic carbocycles. The lowest BCUT2D eigenvalue weighted by molar-refractivity contribution is 0.483. The second-order valence-corrected chi connectivity index (χ2v) is 7.91. The minimum Gasteiger partial charge on any atom is -0.310 e. The average Bonchev–Trinajstić information content (AvgIpc) is 3.18. The van der Waals surface area contributed by atoms with Crippen LogP contribution in [-0.2, 0) is 6.42 Å². The van der Waals surface area contributed by atoms with Crippen LogP contribution in [0.1, 0.15) is 30.0 Å². The van der Waals surface area contributed by atoms with E-state index in [0.717, 1.165) is 32.2 Å². The molecular weight excluding hydrogens is 366 g/mol. The maximum Gasteiger partial charge on any atom is 0.258 e. The molecule has 6 heteroatoms. The SMILES string of the molecule is O=c1[nH]c(CCCC2CC(c3cccs3)=CCN2)nc2c(Cl)cccc12. The standard InChI is InChI=1S/C20H20ClN3OS/c21-16-6-2-5-15-19(16)23-18(24-20(15)25)8-1-4-14-12-13(9-10-22-14)17-7-3-11-26-17/h2-3,5-7,9,11,14,22H,1,4,8,10,12H2,(H,23,24,25). The number of fused-ring (bicyclic) bond motifs is 1. The van der Waals surface area contributed by atoms with Gasteiger partial charge in [0.1, 0.15) is 5.82 Å². The number of halogens is 1. The third kappa shape index (κ3) is 3.75. The van der Waals surface area contributed by atoms with E-state index in [1.165, 1.54) is 10.5 Å². The highest BCUT2D eigenvalue weighted by Gasteiger charge is 2.16. The highest BCUT2D eigenvalue weighted by Crippen LogP contribution is 2.27. The number of nitrogens with zero attached hydrogens (tertiary/aromatic N) is 1. The third-order valence-corrected chi connectivity index (χ3v) is 6.01. The van der Waals surface area contributed by atoms with E-state index in [4.69, 9.17) is 11.6 Å². The van der Waals surface area contributed by atoms with Crippen LogP contribution in [0.25, 0.3) is 16.5 Å². The molecule has 4 rings (SSSR count). The highest BCUT2D eigenvalue weighted by molar-refractivity contribution is 7.11. The Labute approximate surface area is 160 Å². The number of aromatic amines is 1. The van der Waals surface area contributed by atoms with Gasteiger partial charge in [-0.05, 0) is 48.4 Å². The van der Waals surface area contributed by atoms with E-state index in [9.17, 15) is 4.79 Å². The van der Waals surface area contributed by atoms with Gasteiger partial charge in [-0.1, -0.05) is 29.8 Å². The number of hydrogen-bond donors (Lipinski definition) is 2. The summed E-state index contributed by atoms with van der Waals surface area (Å²) in [7, 11) is 0. The van der Waals surface area contributed by atoms with Crippen LogP contribution >= 0.6 is 22.9 Å². The summed E-state index contributed by atoms with van der Waals surface area (Å²) in [5, 5.41) is 6.75. The fourth-order valence-corrected chi connectivity index (χ4v) is 4.44. The van der Waals surface area contributed by atoms with Gasteiger partial charge in [0.05, 0.1) is 15.9 Å². The number of aryl methyl sites for hydroxylation is 1. The lowest BCUT2D eigenvalue weighted by Gasteiger charge is -2.23. The fourth-order valence-electron chi connectivity index (χ4n) is 3.44. The minimum atomic E-state index is -0.119. The third-order valence-electron chi connectivity index (χ3n) is 4.76. The lowest BCUT2D eigenvalue weighted by Crippen LogP contribution is -2.32. The van der Waals surface area contributed by atoms with Gasteiger partial charge in [0.25, 0.3) is 5.56 Å². The van der Waals surface area contributed by atoms with Crippen molar-refractivity contribution in [3.05, 3.63) is 67.9 Å². The molecule has 2 N–H and O–H groups in total. The molecule has 0 bridgehead atoms. The molecule has 0 fully saturated rings. The second kappa shape index (κ2) is 7.74.